The fraction of sp³-hybridized carbons (Fsp3) is 0.0889. The van der Waals surface area contributed by atoms with Gasteiger partial charge < -0.3 is 50.2 Å². The third-order valence-electron chi connectivity index (χ3n) is 12.2. The molecule has 0 saturated carbocycles. The van der Waals surface area contributed by atoms with Crippen molar-refractivity contribution < 1.29 is 102 Å². The minimum Gasteiger partial charge on any atom is -0.344 e. The lowest BCUT2D eigenvalue weighted by Crippen LogP contribution is -2.20. The Balaban J connectivity index is 0.939. The van der Waals surface area contributed by atoms with Crippen LogP contribution < -0.4 is 31.9 Å². The number of nitrogens with zero attached hydrogens (tertiary/aromatic N) is 4. The molecule has 39 heteroatoms. The standard InChI is InChI=1S/C45H40N10O23S6/c1-52-17-21(11-31(52)43(58)50-37-35(81(67,68)69)15-27-25(39(37)83(73,74)75)7-5-9-33(27)79(61,62)63)46-41(56)29-13-23(19-54(29)3)48-45(60)49-24-14-30(55(4)20-24)42(57)47-22-12-32(53(2)18-22)44(59)51-38-36(82(70,71)72)16-28-26(40(38)84(76,77)78)8-6-10-34(28)80(64,65)66/h5-20H,1-4H3,(H,46,56)(H,47,57)(H,50,58)(H,51,59)(H2,48,49,60)(H,61,62,63)(H,64,65,66)(H,67,68,69)(H,70,71,72)(H,73,74,75)(H,76,77,78). The Morgan fingerprint density at radius 3 is 0.857 bits per heavy atom. The summed E-state index contributed by atoms with van der Waals surface area (Å²) in [6, 6.07) is 9.80. The number of aryl methyl sites for hydroxylation is 4. The molecule has 12 N–H and O–H groups in total. The molecule has 0 fully saturated rings. The maximum atomic E-state index is 13.7. The first-order chi connectivity index (χ1) is 38.6. The van der Waals surface area contributed by atoms with Crippen molar-refractivity contribution in [2.75, 3.05) is 31.9 Å². The lowest BCUT2D eigenvalue weighted by atomic mass is 10.1. The summed E-state index contributed by atoms with van der Waals surface area (Å²) >= 11 is 0. The normalized spacial score (nSPS) is 12.5. The molecule has 0 radical (unpaired) electrons. The van der Waals surface area contributed by atoms with E-state index in [9.17, 15) is 102 Å². The topological polar surface area (TPSA) is 503 Å². The fourth-order valence-corrected chi connectivity index (χ4v) is 13.4. The van der Waals surface area contributed by atoms with Gasteiger partial charge in [-0.15, -0.1) is 0 Å². The minimum absolute atomic E-state index is 0.0461. The Hall–Kier alpha value is -8.87. The van der Waals surface area contributed by atoms with E-state index in [4.69, 9.17) is 0 Å². The van der Waals surface area contributed by atoms with E-state index in [-0.39, 0.29) is 34.1 Å². The van der Waals surface area contributed by atoms with Gasteiger partial charge in [-0.1, -0.05) is 24.3 Å². The van der Waals surface area contributed by atoms with E-state index in [1.54, 1.807) is 0 Å². The Morgan fingerprint density at radius 1 is 0.333 bits per heavy atom. The molecule has 4 heterocycles. The average Bonchev–Trinajstić information content (AvgIpc) is 1.59. The molecular weight excluding hydrogens is 1240 g/mol. The molecule has 0 bridgehead atoms. The highest BCUT2D eigenvalue weighted by Crippen LogP contribution is 2.41. The molecule has 0 aliphatic carbocycles. The smallest absolute Gasteiger partial charge is 0.323 e. The monoisotopic (exact) mass is 1280 g/mol. The van der Waals surface area contributed by atoms with Gasteiger partial charge in [0.2, 0.25) is 0 Å². The summed E-state index contributed by atoms with van der Waals surface area (Å²) in [6.07, 6.45) is 5.04. The Morgan fingerprint density at radius 2 is 0.595 bits per heavy atom. The van der Waals surface area contributed by atoms with E-state index in [0.29, 0.717) is 12.1 Å². The molecule has 84 heavy (non-hydrogen) atoms. The summed E-state index contributed by atoms with van der Waals surface area (Å²) in [7, 11) is -27.2. The molecule has 6 amide bonds. The second kappa shape index (κ2) is 21.4. The second-order valence-electron chi connectivity index (χ2n) is 18.0. The van der Waals surface area contributed by atoms with Gasteiger partial charge in [-0.25, -0.2) is 4.79 Å². The molecule has 0 unspecified atom stereocenters. The molecule has 444 valence electrons. The van der Waals surface area contributed by atoms with E-state index in [2.05, 4.69) is 21.3 Å². The Bertz CT molecular complexity index is 4640. The summed E-state index contributed by atoms with van der Waals surface area (Å²) in [5.74, 6) is -4.24. The van der Waals surface area contributed by atoms with Crippen LogP contribution >= 0.6 is 0 Å². The van der Waals surface area contributed by atoms with Crippen molar-refractivity contribution in [2.45, 2.75) is 29.4 Å². The van der Waals surface area contributed by atoms with Crippen LogP contribution in [-0.2, 0) is 88.9 Å². The maximum Gasteiger partial charge on any atom is 0.323 e. The van der Waals surface area contributed by atoms with Crippen molar-refractivity contribution in [3.8, 4) is 0 Å². The summed E-state index contributed by atoms with van der Waals surface area (Å²) < 4.78 is 214. The number of carbonyl (C=O) groups is 5. The number of urea groups is 1. The fourth-order valence-electron chi connectivity index (χ4n) is 8.78. The summed E-state index contributed by atoms with van der Waals surface area (Å²) in [6.45, 7) is 0. The number of carbonyl (C=O) groups excluding carboxylic acids is 5. The number of benzene rings is 4. The molecule has 8 rings (SSSR count). The predicted octanol–water partition coefficient (Wildman–Crippen LogP) is 3.48. The van der Waals surface area contributed by atoms with Crippen LogP contribution in [0.5, 0.6) is 0 Å². The van der Waals surface area contributed by atoms with Crippen molar-refractivity contribution in [2.24, 2.45) is 28.2 Å². The number of anilines is 6. The zero-order valence-corrected chi connectivity index (χ0v) is 47.5. The Labute approximate surface area is 473 Å². The lowest BCUT2D eigenvalue weighted by Gasteiger charge is -2.17. The number of aromatic nitrogens is 4. The van der Waals surface area contributed by atoms with E-state index in [1.165, 1.54) is 74.2 Å². The van der Waals surface area contributed by atoms with Crippen LogP contribution in [-0.4, -0.2) is 126 Å². The van der Waals surface area contributed by atoms with Crippen LogP contribution in [0.2, 0.25) is 0 Å². The molecule has 0 saturated heterocycles. The first kappa shape index (κ1) is 61.2. The highest BCUT2D eigenvalue weighted by atomic mass is 32.2. The molecule has 0 spiro atoms. The molecule has 8 aromatic rings. The second-order valence-corrected chi connectivity index (χ2v) is 26.3. The molecule has 0 atom stereocenters. The van der Waals surface area contributed by atoms with E-state index in [1.807, 2.05) is 10.6 Å². The molecular formula is C45H40N10O23S6. The van der Waals surface area contributed by atoms with Gasteiger partial charge >= 0.3 is 6.03 Å². The number of hydrogen-bond donors (Lipinski definition) is 12. The van der Waals surface area contributed by atoms with Crippen molar-refractivity contribution >= 4 is 146 Å². The SMILES string of the molecule is Cn1cc(NC(=O)Nc2cc(C(=O)Nc3cc(C(=O)Nc4c(S(=O)(=O)O)cc5c(S(=O)(=O)O)cccc5c4S(=O)(=O)O)n(C)c3)n(C)c2)cc1C(=O)Nc1cc(C(=O)Nc2c(S(=O)(=O)O)cc3c(S(=O)(=O)O)cccc3c2S(=O)(=O)O)n(C)c1. The minimum atomic E-state index is -5.58. The number of fused-ring (bicyclic) bond motifs is 2. The zero-order valence-electron chi connectivity index (χ0n) is 42.6. The Kier molecular flexibility index (Phi) is 15.6. The van der Waals surface area contributed by atoms with Crippen LogP contribution in [0.1, 0.15) is 42.0 Å². The number of nitrogens with one attached hydrogen (secondary N) is 6. The van der Waals surface area contributed by atoms with Crippen molar-refractivity contribution in [1.82, 2.24) is 18.3 Å². The van der Waals surface area contributed by atoms with E-state index in [0.717, 1.165) is 57.7 Å². The van der Waals surface area contributed by atoms with Crippen molar-refractivity contribution in [3.63, 3.8) is 0 Å². The largest absolute Gasteiger partial charge is 0.344 e. The quantitative estimate of drug-likeness (QED) is 0.0616. The third-order valence-corrected chi connectivity index (χ3v) is 17.7. The van der Waals surface area contributed by atoms with E-state index < -0.39 is 164 Å². The molecule has 33 nitrogen and oxygen atoms in total. The maximum absolute atomic E-state index is 13.7. The van der Waals surface area contributed by atoms with Crippen molar-refractivity contribution in [1.29, 1.82) is 0 Å². The lowest BCUT2D eigenvalue weighted by molar-refractivity contribution is 0.101. The van der Waals surface area contributed by atoms with Gasteiger partial charge in [-0.3, -0.25) is 46.5 Å². The van der Waals surface area contributed by atoms with Crippen LogP contribution in [0.25, 0.3) is 21.5 Å². The number of hydrogen-bond acceptors (Lipinski definition) is 17. The van der Waals surface area contributed by atoms with Crippen LogP contribution in [0, 0.1) is 0 Å². The van der Waals surface area contributed by atoms with Crippen LogP contribution in [0.3, 0.4) is 0 Å². The van der Waals surface area contributed by atoms with Gasteiger partial charge in [0, 0.05) is 74.5 Å². The summed E-state index contributed by atoms with van der Waals surface area (Å²) in [4.78, 5) is 59.9. The highest BCUT2D eigenvalue weighted by Gasteiger charge is 2.34. The van der Waals surface area contributed by atoms with Gasteiger partial charge in [-0.2, -0.15) is 50.5 Å². The predicted molar refractivity (Wildman–Crippen MR) is 293 cm³/mol. The van der Waals surface area contributed by atoms with E-state index >= 15 is 0 Å². The molecule has 0 aliphatic rings. The third kappa shape index (κ3) is 12.4. The average molecular weight is 1280 g/mol. The van der Waals surface area contributed by atoms with Gasteiger partial charge in [0.1, 0.15) is 52.1 Å². The van der Waals surface area contributed by atoms with Crippen LogP contribution in [0.4, 0.5) is 38.9 Å². The molecule has 4 aromatic carbocycles. The highest BCUT2D eigenvalue weighted by molar-refractivity contribution is 7.88. The number of rotatable bonds is 16. The van der Waals surface area contributed by atoms with Gasteiger partial charge in [0.05, 0.1) is 34.1 Å². The van der Waals surface area contributed by atoms with Crippen LogP contribution in [0.15, 0.2) is 127 Å². The van der Waals surface area contributed by atoms with Gasteiger partial charge in [0.15, 0.2) is 0 Å². The van der Waals surface area contributed by atoms with Gasteiger partial charge in [-0.05, 0) is 48.5 Å². The summed E-state index contributed by atoms with van der Waals surface area (Å²) in [5, 5.41) is 11.0. The molecule has 4 aromatic heterocycles. The zero-order chi connectivity index (χ0) is 62.3. The first-order valence-corrected chi connectivity index (χ1v) is 31.3. The summed E-state index contributed by atoms with van der Waals surface area (Å²) in [5.41, 5.74) is -3.48. The van der Waals surface area contributed by atoms with Crippen molar-refractivity contribution in [3.05, 3.63) is 120 Å². The number of amides is 6. The molecule has 0 aliphatic heterocycles. The first-order valence-electron chi connectivity index (χ1n) is 22.7. The van der Waals surface area contributed by atoms with Gasteiger partial charge in [0.25, 0.3) is 84.3 Å².